The normalized spacial score (nSPS) is 12.4. The lowest BCUT2D eigenvalue weighted by molar-refractivity contribution is 0.217. The quantitative estimate of drug-likeness (QED) is 0.876. The number of alkyl halides is 1. The van der Waals surface area contributed by atoms with Crippen LogP contribution in [0.1, 0.15) is 18.1 Å². The Hall–Kier alpha value is -1.46. The number of nitrogens with one attached hydrogen (secondary N) is 1. The molecule has 1 N–H and O–H groups in total. The number of amides is 2. The number of rotatable bonds is 4. The molecule has 0 saturated carbocycles. The molecule has 0 bridgehead atoms. The molecule has 1 unspecified atom stereocenters. The topological polar surface area (TPSA) is 50.2 Å². The van der Waals surface area contributed by atoms with Gasteiger partial charge in [0.1, 0.15) is 5.82 Å². The second-order valence-electron chi connectivity index (χ2n) is 5.00. The minimum Gasteiger partial charge on any atom is -0.336 e. The van der Waals surface area contributed by atoms with Crippen molar-refractivity contribution in [3.63, 3.8) is 0 Å². The Balaban J connectivity index is 2.24. The van der Waals surface area contributed by atoms with E-state index in [1.54, 1.807) is 14.1 Å². The molecule has 0 aliphatic heterocycles. The highest BCUT2D eigenvalue weighted by atomic mass is 35.5. The highest BCUT2D eigenvalue weighted by Crippen LogP contribution is 2.26. The third-order valence-corrected chi connectivity index (χ3v) is 3.54. The third kappa shape index (κ3) is 3.60. The Labute approximate surface area is 133 Å². The van der Waals surface area contributed by atoms with Gasteiger partial charge in [0.2, 0.25) is 0 Å². The lowest BCUT2D eigenvalue weighted by Crippen LogP contribution is -2.36. The van der Waals surface area contributed by atoms with Crippen molar-refractivity contribution in [1.29, 1.82) is 0 Å². The maximum Gasteiger partial charge on any atom is 0.316 e. The Bertz CT molecular complexity index is 652. The summed E-state index contributed by atoms with van der Waals surface area (Å²) in [4.78, 5) is 17.6. The Morgan fingerprint density at radius 2 is 2.19 bits per heavy atom. The SMILES string of the molecule is CC(Cl)c1nc2cc(Cl)ccc2n1CCNC(=O)N(C)C. The third-order valence-electron chi connectivity index (χ3n) is 3.11. The smallest absolute Gasteiger partial charge is 0.316 e. The van der Waals surface area contributed by atoms with Crippen LogP contribution in [0.15, 0.2) is 18.2 Å². The molecular formula is C14H18Cl2N4O. The number of urea groups is 1. The molecule has 0 aliphatic rings. The number of imidazole rings is 1. The Kier molecular flexibility index (Phi) is 4.96. The van der Waals surface area contributed by atoms with Gasteiger partial charge in [0.15, 0.2) is 0 Å². The molecule has 0 fully saturated rings. The zero-order chi connectivity index (χ0) is 15.6. The van der Waals surface area contributed by atoms with E-state index in [1.165, 1.54) is 4.90 Å². The zero-order valence-electron chi connectivity index (χ0n) is 12.2. The van der Waals surface area contributed by atoms with E-state index in [4.69, 9.17) is 23.2 Å². The lowest BCUT2D eigenvalue weighted by Gasteiger charge is -2.14. The molecule has 2 amide bonds. The van der Waals surface area contributed by atoms with Crippen LogP contribution in [0.25, 0.3) is 11.0 Å². The fraction of sp³-hybridized carbons (Fsp3) is 0.429. The average Bonchev–Trinajstić information content (AvgIpc) is 2.76. The van der Waals surface area contributed by atoms with Crippen molar-refractivity contribution >= 4 is 40.3 Å². The number of fused-ring (bicyclic) bond motifs is 1. The van der Waals surface area contributed by atoms with Crippen LogP contribution in [0.3, 0.4) is 0 Å². The number of aromatic nitrogens is 2. The summed E-state index contributed by atoms with van der Waals surface area (Å²) in [5.41, 5.74) is 1.77. The minimum absolute atomic E-state index is 0.122. The van der Waals surface area contributed by atoms with E-state index < -0.39 is 0 Å². The molecule has 0 spiro atoms. The number of hydrogen-bond donors (Lipinski definition) is 1. The second-order valence-corrected chi connectivity index (χ2v) is 6.09. The largest absolute Gasteiger partial charge is 0.336 e. The van der Waals surface area contributed by atoms with Crippen molar-refractivity contribution in [1.82, 2.24) is 19.8 Å². The fourth-order valence-electron chi connectivity index (χ4n) is 2.09. The van der Waals surface area contributed by atoms with Crippen LogP contribution in [0.5, 0.6) is 0 Å². The van der Waals surface area contributed by atoms with Gasteiger partial charge < -0.3 is 14.8 Å². The molecule has 7 heteroatoms. The van der Waals surface area contributed by atoms with Crippen molar-refractivity contribution in [2.45, 2.75) is 18.8 Å². The summed E-state index contributed by atoms with van der Waals surface area (Å²) < 4.78 is 2.01. The van der Waals surface area contributed by atoms with Crippen LogP contribution in [-0.4, -0.2) is 41.1 Å². The van der Waals surface area contributed by atoms with E-state index >= 15 is 0 Å². The highest BCUT2D eigenvalue weighted by Gasteiger charge is 2.15. The average molecular weight is 329 g/mol. The predicted molar refractivity (Wildman–Crippen MR) is 86.1 cm³/mol. The molecule has 114 valence electrons. The fourth-order valence-corrected chi connectivity index (χ4v) is 2.43. The van der Waals surface area contributed by atoms with Crippen molar-refractivity contribution in [3.8, 4) is 0 Å². The van der Waals surface area contributed by atoms with E-state index in [2.05, 4.69) is 10.3 Å². The van der Waals surface area contributed by atoms with Gasteiger partial charge in [-0.15, -0.1) is 11.6 Å². The zero-order valence-corrected chi connectivity index (χ0v) is 13.7. The van der Waals surface area contributed by atoms with E-state index in [0.717, 1.165) is 16.9 Å². The summed E-state index contributed by atoms with van der Waals surface area (Å²) in [5.74, 6) is 0.771. The van der Waals surface area contributed by atoms with Crippen LogP contribution < -0.4 is 5.32 Å². The van der Waals surface area contributed by atoms with Gasteiger partial charge in [-0.05, 0) is 25.1 Å². The molecule has 1 aromatic carbocycles. The molecule has 1 atom stereocenters. The first kappa shape index (κ1) is 15.9. The standard InChI is InChI=1S/C14H18Cl2N4O/c1-9(15)13-18-11-8-10(16)4-5-12(11)20(13)7-6-17-14(21)19(2)3/h4-5,8-9H,6-7H2,1-3H3,(H,17,21). The monoisotopic (exact) mass is 328 g/mol. The van der Waals surface area contributed by atoms with Crippen molar-refractivity contribution in [3.05, 3.63) is 29.0 Å². The van der Waals surface area contributed by atoms with Gasteiger partial charge in [0.05, 0.1) is 16.4 Å². The van der Waals surface area contributed by atoms with Gasteiger partial charge in [-0.1, -0.05) is 11.6 Å². The first-order chi connectivity index (χ1) is 9.90. The van der Waals surface area contributed by atoms with Crippen LogP contribution in [0.4, 0.5) is 4.79 Å². The van der Waals surface area contributed by atoms with Gasteiger partial charge >= 0.3 is 6.03 Å². The maximum absolute atomic E-state index is 11.5. The number of benzene rings is 1. The molecule has 21 heavy (non-hydrogen) atoms. The van der Waals surface area contributed by atoms with E-state index in [-0.39, 0.29) is 11.4 Å². The van der Waals surface area contributed by atoms with Gasteiger partial charge in [-0.2, -0.15) is 0 Å². The van der Waals surface area contributed by atoms with E-state index in [1.807, 2.05) is 29.7 Å². The summed E-state index contributed by atoms with van der Waals surface area (Å²) in [6.45, 7) is 2.98. The lowest BCUT2D eigenvalue weighted by atomic mass is 10.3. The van der Waals surface area contributed by atoms with E-state index in [0.29, 0.717) is 18.1 Å². The van der Waals surface area contributed by atoms with Crippen molar-refractivity contribution < 1.29 is 4.79 Å². The number of nitrogens with zero attached hydrogens (tertiary/aromatic N) is 3. The Morgan fingerprint density at radius 1 is 1.48 bits per heavy atom. The number of hydrogen-bond acceptors (Lipinski definition) is 2. The molecule has 0 radical (unpaired) electrons. The van der Waals surface area contributed by atoms with Gasteiger partial charge in [-0.25, -0.2) is 9.78 Å². The molecule has 2 aromatic rings. The summed E-state index contributed by atoms with van der Waals surface area (Å²) in [5, 5.41) is 3.25. The van der Waals surface area contributed by atoms with Crippen LogP contribution >= 0.6 is 23.2 Å². The van der Waals surface area contributed by atoms with Gasteiger partial charge in [0, 0.05) is 32.2 Å². The van der Waals surface area contributed by atoms with E-state index in [9.17, 15) is 4.79 Å². The van der Waals surface area contributed by atoms with Crippen molar-refractivity contribution in [2.75, 3.05) is 20.6 Å². The summed E-state index contributed by atoms with van der Waals surface area (Å²) in [6, 6.07) is 5.43. The molecule has 5 nitrogen and oxygen atoms in total. The highest BCUT2D eigenvalue weighted by molar-refractivity contribution is 6.31. The first-order valence-electron chi connectivity index (χ1n) is 6.65. The van der Waals surface area contributed by atoms with Gasteiger partial charge in [0.25, 0.3) is 0 Å². The molecule has 2 rings (SSSR count). The number of carbonyl (C=O) groups is 1. The number of carbonyl (C=O) groups excluding carboxylic acids is 1. The summed E-state index contributed by atoms with van der Waals surface area (Å²) in [6.07, 6.45) is 0. The molecule has 1 aromatic heterocycles. The summed E-state index contributed by atoms with van der Waals surface area (Å²) in [7, 11) is 3.41. The van der Waals surface area contributed by atoms with Gasteiger partial charge in [-0.3, -0.25) is 0 Å². The molecule has 0 aliphatic carbocycles. The van der Waals surface area contributed by atoms with Crippen LogP contribution in [0, 0.1) is 0 Å². The molecule has 0 saturated heterocycles. The minimum atomic E-state index is -0.222. The van der Waals surface area contributed by atoms with Crippen LogP contribution in [-0.2, 0) is 6.54 Å². The first-order valence-corrected chi connectivity index (χ1v) is 7.46. The maximum atomic E-state index is 11.5. The van der Waals surface area contributed by atoms with Crippen molar-refractivity contribution in [2.24, 2.45) is 0 Å². The summed E-state index contributed by atoms with van der Waals surface area (Å²) >= 11 is 12.2. The van der Waals surface area contributed by atoms with Crippen LogP contribution in [0.2, 0.25) is 5.02 Å². The Morgan fingerprint density at radius 3 is 2.81 bits per heavy atom. The molecular weight excluding hydrogens is 311 g/mol. The predicted octanol–water partition coefficient (Wildman–Crippen LogP) is 3.26. The second kappa shape index (κ2) is 6.54. The molecule has 1 heterocycles. The number of halogens is 2.